The van der Waals surface area contributed by atoms with Crippen LogP contribution >= 0.6 is 25.3 Å². The first-order valence-corrected chi connectivity index (χ1v) is 2.87. The molecule has 0 saturated heterocycles. The van der Waals surface area contributed by atoms with Crippen molar-refractivity contribution in [2.24, 2.45) is 0 Å². The highest BCUT2D eigenvalue weighted by Gasteiger charge is 2.16. The van der Waals surface area contributed by atoms with Crippen LogP contribution in [0.25, 0.3) is 0 Å². The maximum absolute atomic E-state index is 8.67. The summed E-state index contributed by atoms with van der Waals surface area (Å²) < 4.78 is 0. The second kappa shape index (κ2) is 2.81. The monoisotopic (exact) mass is 140 g/mol. The molecule has 1 atom stereocenters. The van der Waals surface area contributed by atoms with Crippen molar-refractivity contribution in [3.63, 3.8) is 0 Å². The molecule has 0 rings (SSSR count). The van der Waals surface area contributed by atoms with Crippen LogP contribution in [0.15, 0.2) is 0 Å². The summed E-state index contributed by atoms with van der Waals surface area (Å²) in [7, 11) is 0. The number of aliphatic hydroxyl groups is 2. The predicted molar refractivity (Wildman–Crippen MR) is 34.9 cm³/mol. The van der Waals surface area contributed by atoms with Crippen molar-refractivity contribution in [1.29, 1.82) is 0 Å². The Kier molecular flexibility index (Phi) is 3.06. The number of thiol groups is 2. The molecule has 0 aromatic carbocycles. The molecule has 0 aromatic heterocycles. The minimum Gasteiger partial charge on any atom is -0.392 e. The van der Waals surface area contributed by atoms with Gasteiger partial charge < -0.3 is 10.2 Å². The first-order valence-electron chi connectivity index (χ1n) is 1.79. The van der Waals surface area contributed by atoms with Gasteiger partial charge in [0.15, 0.2) is 0 Å². The summed E-state index contributed by atoms with van der Waals surface area (Å²) in [6.07, 6.45) is 0. The molecule has 0 fully saturated rings. The van der Waals surface area contributed by atoms with E-state index in [1.165, 1.54) is 0 Å². The van der Waals surface area contributed by atoms with E-state index in [1.54, 1.807) is 0 Å². The Hall–Kier alpha value is 0.620. The number of aliphatic hydroxyl groups excluding tert-OH is 1. The Labute approximate surface area is 53.4 Å². The molecule has 0 aliphatic carbocycles. The summed E-state index contributed by atoms with van der Waals surface area (Å²) in [5, 5.41) is 16.9. The number of rotatable bonds is 2. The first-order chi connectivity index (χ1) is 3.12. The van der Waals surface area contributed by atoms with E-state index in [1.807, 2.05) is 0 Å². The molecule has 0 aromatic rings. The smallest absolute Gasteiger partial charge is 0.139 e. The van der Waals surface area contributed by atoms with Gasteiger partial charge in [-0.15, -0.1) is 12.6 Å². The van der Waals surface area contributed by atoms with Crippen LogP contribution in [0.5, 0.6) is 0 Å². The van der Waals surface area contributed by atoms with Crippen LogP contribution in [0.2, 0.25) is 0 Å². The van der Waals surface area contributed by atoms with Crippen molar-refractivity contribution in [3.8, 4) is 0 Å². The summed E-state index contributed by atoms with van der Waals surface area (Å²) >= 11 is 7.31. The van der Waals surface area contributed by atoms with E-state index in [2.05, 4.69) is 25.3 Å². The van der Waals surface area contributed by atoms with Crippen LogP contribution in [-0.2, 0) is 0 Å². The third kappa shape index (κ3) is 3.22. The van der Waals surface area contributed by atoms with Gasteiger partial charge in [-0.3, -0.25) is 0 Å². The molecular formula is C3H8O2S2. The van der Waals surface area contributed by atoms with Gasteiger partial charge in [0.05, 0.1) is 6.61 Å². The van der Waals surface area contributed by atoms with Crippen LogP contribution in [0.3, 0.4) is 0 Å². The molecule has 2 nitrogen and oxygen atoms in total. The van der Waals surface area contributed by atoms with Crippen molar-refractivity contribution in [1.82, 2.24) is 0 Å². The lowest BCUT2D eigenvalue weighted by molar-refractivity contribution is 0.0864. The van der Waals surface area contributed by atoms with Crippen LogP contribution in [0.1, 0.15) is 0 Å². The molecule has 0 aliphatic rings. The van der Waals surface area contributed by atoms with Gasteiger partial charge in [-0.25, -0.2) is 0 Å². The first kappa shape index (κ1) is 7.62. The summed E-state index contributed by atoms with van der Waals surface area (Å²) in [6, 6.07) is 0. The molecule has 0 amide bonds. The van der Waals surface area contributed by atoms with E-state index in [9.17, 15) is 0 Å². The van der Waals surface area contributed by atoms with Crippen LogP contribution in [-0.4, -0.2) is 27.5 Å². The molecular weight excluding hydrogens is 132 g/mol. The van der Waals surface area contributed by atoms with Gasteiger partial charge in [0, 0.05) is 5.75 Å². The lowest BCUT2D eigenvalue weighted by atomic mass is 10.4. The number of hydrogen-bond donors (Lipinski definition) is 4. The molecule has 0 aliphatic heterocycles. The minimum absolute atomic E-state index is 0.159. The normalized spacial score (nSPS) is 18.9. The third-order valence-corrected chi connectivity index (χ3v) is 1.58. The Bertz CT molecular complexity index is 48.9. The highest BCUT2D eigenvalue weighted by Crippen LogP contribution is 2.08. The van der Waals surface area contributed by atoms with E-state index < -0.39 is 4.93 Å². The zero-order valence-electron chi connectivity index (χ0n) is 3.70. The highest BCUT2D eigenvalue weighted by molar-refractivity contribution is 7.85. The van der Waals surface area contributed by atoms with Gasteiger partial charge in [0.2, 0.25) is 0 Å². The summed E-state index contributed by atoms with van der Waals surface area (Å²) in [5.41, 5.74) is 0. The van der Waals surface area contributed by atoms with Crippen LogP contribution in [0, 0.1) is 0 Å². The molecule has 0 heterocycles. The minimum atomic E-state index is -1.30. The zero-order chi connectivity index (χ0) is 5.91. The third-order valence-electron chi connectivity index (χ3n) is 0.506. The fraction of sp³-hybridized carbons (Fsp3) is 1.00. The van der Waals surface area contributed by atoms with Gasteiger partial charge in [-0.1, -0.05) is 0 Å². The maximum atomic E-state index is 8.67. The average Bonchev–Trinajstić information content (AvgIpc) is 1.68. The van der Waals surface area contributed by atoms with Crippen molar-refractivity contribution in [3.05, 3.63) is 0 Å². The largest absolute Gasteiger partial charge is 0.392 e. The summed E-state index contributed by atoms with van der Waals surface area (Å²) in [5.74, 6) is 0.159. The van der Waals surface area contributed by atoms with Crippen molar-refractivity contribution >= 4 is 25.3 Å². The summed E-state index contributed by atoms with van der Waals surface area (Å²) in [6.45, 7) is -0.361. The predicted octanol–water partition coefficient (Wildman–Crippen LogP) is -0.473. The molecule has 7 heavy (non-hydrogen) atoms. The molecule has 0 radical (unpaired) electrons. The topological polar surface area (TPSA) is 40.5 Å². The molecule has 0 spiro atoms. The van der Waals surface area contributed by atoms with Crippen molar-refractivity contribution in [2.45, 2.75) is 4.93 Å². The van der Waals surface area contributed by atoms with Gasteiger partial charge in [0.1, 0.15) is 4.93 Å². The van der Waals surface area contributed by atoms with Gasteiger partial charge in [0.25, 0.3) is 0 Å². The van der Waals surface area contributed by atoms with E-state index in [4.69, 9.17) is 10.2 Å². The Morgan fingerprint density at radius 3 is 2.00 bits per heavy atom. The number of hydrogen-bond acceptors (Lipinski definition) is 4. The quantitative estimate of drug-likeness (QED) is 0.309. The highest BCUT2D eigenvalue weighted by atomic mass is 32.1. The molecule has 0 saturated carbocycles. The lowest BCUT2D eigenvalue weighted by Gasteiger charge is -2.14. The summed E-state index contributed by atoms with van der Waals surface area (Å²) in [4.78, 5) is -1.30. The van der Waals surface area contributed by atoms with E-state index in [-0.39, 0.29) is 12.4 Å². The average molecular weight is 140 g/mol. The van der Waals surface area contributed by atoms with E-state index in [0.29, 0.717) is 0 Å². The van der Waals surface area contributed by atoms with Gasteiger partial charge >= 0.3 is 0 Å². The molecule has 44 valence electrons. The van der Waals surface area contributed by atoms with E-state index in [0.717, 1.165) is 0 Å². The van der Waals surface area contributed by atoms with Gasteiger partial charge in [-0.2, -0.15) is 12.6 Å². The van der Waals surface area contributed by atoms with Crippen LogP contribution in [0.4, 0.5) is 0 Å². The SMILES string of the molecule is OCC(O)(S)CS. The van der Waals surface area contributed by atoms with Crippen molar-refractivity contribution < 1.29 is 10.2 Å². The molecule has 4 heteroatoms. The Balaban J connectivity index is 3.36. The zero-order valence-corrected chi connectivity index (χ0v) is 5.49. The molecule has 2 N–H and O–H groups in total. The lowest BCUT2D eigenvalue weighted by Crippen LogP contribution is -2.27. The molecule has 0 bridgehead atoms. The molecule has 1 unspecified atom stereocenters. The van der Waals surface area contributed by atoms with Crippen molar-refractivity contribution in [2.75, 3.05) is 12.4 Å². The second-order valence-electron chi connectivity index (χ2n) is 1.30. The van der Waals surface area contributed by atoms with E-state index >= 15 is 0 Å². The van der Waals surface area contributed by atoms with Gasteiger partial charge in [-0.05, 0) is 0 Å². The fourth-order valence-electron chi connectivity index (χ4n) is 0.0500. The Morgan fingerprint density at radius 2 is 2.00 bits per heavy atom. The Morgan fingerprint density at radius 1 is 1.57 bits per heavy atom. The maximum Gasteiger partial charge on any atom is 0.139 e. The van der Waals surface area contributed by atoms with Crippen LogP contribution < -0.4 is 0 Å². The fourth-order valence-corrected chi connectivity index (χ4v) is 0.150. The second-order valence-corrected chi connectivity index (χ2v) is 2.45. The standard InChI is InChI=1S/C3H8O2S2/c4-1-3(5,7)2-6/h4-7H,1-2H2.